The third-order valence-electron chi connectivity index (χ3n) is 8.35. The minimum atomic E-state index is -2.14. The van der Waals surface area contributed by atoms with E-state index < -0.39 is 29.6 Å². The number of piperidine rings is 1. The molecular weight excluding hydrogens is 366 g/mol. The van der Waals surface area contributed by atoms with Gasteiger partial charge in [0.05, 0.1) is 20.3 Å². The van der Waals surface area contributed by atoms with Crippen LogP contribution >= 0.6 is 0 Å². The lowest BCUT2D eigenvalue weighted by molar-refractivity contribution is -0.188. The molecule has 2 heterocycles. The van der Waals surface area contributed by atoms with Crippen LogP contribution in [0.5, 0.6) is 11.5 Å². The Bertz CT molecular complexity index is 1040. The summed E-state index contributed by atoms with van der Waals surface area (Å²) in [5.74, 6) is 0.174. The number of carbonyl (C=O) groups is 1. The number of nitrogens with zero attached hydrogens (tertiary/aromatic N) is 1. The first-order valence-electron chi connectivity index (χ1n) is 12.7. The molecule has 2 bridgehead atoms. The summed E-state index contributed by atoms with van der Waals surface area (Å²) in [5, 5.41) is 12.3. The van der Waals surface area contributed by atoms with E-state index in [1.807, 2.05) is 6.07 Å². The molecule has 1 saturated heterocycles. The molecule has 4 fully saturated rings. The van der Waals surface area contributed by atoms with Gasteiger partial charge in [-0.2, -0.15) is 0 Å². The molecule has 0 unspecified atom stereocenters. The van der Waals surface area contributed by atoms with Crippen LogP contribution < -0.4 is 9.47 Å². The maximum absolute atomic E-state index is 13.1. The van der Waals surface area contributed by atoms with E-state index in [0.29, 0.717) is 44.3 Å². The smallest absolute Gasteiger partial charge is 0.174 e. The normalized spacial score (nSPS) is 42.9. The minimum Gasteiger partial charge on any atom is -0.489 e. The number of likely N-dealkylation sites (tertiary alicyclic amines) is 1. The van der Waals surface area contributed by atoms with E-state index in [0.717, 1.165) is 30.1 Å². The Hall–Kier alpha value is -1.59. The standard InChI is InChI=1S/C24H29NO4/c26-17-7-8-24(27)19-11-16-5-6-18(28-13-15-3-4-15)21-20(16)23(24,22(17)29-21)9-10-25(19)12-14-1-2-14/h5-6,14-15,19,22,27H,1-4,7-13H2/t19-,22+,23+,24-/m1/s1/i13D2,15D. The summed E-state index contributed by atoms with van der Waals surface area (Å²) in [5.41, 5.74) is 0.109. The van der Waals surface area contributed by atoms with Crippen LogP contribution in [0.2, 0.25) is 0 Å². The van der Waals surface area contributed by atoms with Crippen LogP contribution in [0.25, 0.3) is 0 Å². The van der Waals surface area contributed by atoms with E-state index in [1.165, 1.54) is 12.8 Å². The number of benzene rings is 1. The van der Waals surface area contributed by atoms with Crippen molar-refractivity contribution < 1.29 is 23.5 Å². The van der Waals surface area contributed by atoms with Crippen molar-refractivity contribution in [2.24, 2.45) is 11.8 Å². The maximum Gasteiger partial charge on any atom is 0.174 e. The molecule has 2 aliphatic heterocycles. The topological polar surface area (TPSA) is 59.0 Å². The number of hydrogen-bond donors (Lipinski definition) is 1. The van der Waals surface area contributed by atoms with Gasteiger partial charge in [0, 0.05) is 25.9 Å². The van der Waals surface area contributed by atoms with Gasteiger partial charge in [0.1, 0.15) is 0 Å². The van der Waals surface area contributed by atoms with E-state index in [9.17, 15) is 9.90 Å². The fraction of sp³-hybridized carbons (Fsp3) is 0.708. The summed E-state index contributed by atoms with van der Waals surface area (Å²) in [7, 11) is 0. The zero-order chi connectivity index (χ0) is 22.1. The van der Waals surface area contributed by atoms with Crippen molar-refractivity contribution in [1.82, 2.24) is 4.90 Å². The molecule has 4 atom stereocenters. The Morgan fingerprint density at radius 2 is 2.17 bits per heavy atom. The first kappa shape index (κ1) is 14.4. The number of rotatable bonds is 5. The van der Waals surface area contributed by atoms with Crippen LogP contribution in [-0.4, -0.2) is 53.2 Å². The summed E-state index contributed by atoms with van der Waals surface area (Å²) >= 11 is 0. The van der Waals surface area contributed by atoms with Gasteiger partial charge >= 0.3 is 0 Å². The minimum absolute atomic E-state index is 0.0150. The van der Waals surface area contributed by atoms with Crippen LogP contribution in [-0.2, 0) is 16.6 Å². The molecule has 29 heavy (non-hydrogen) atoms. The molecule has 1 aromatic rings. The third kappa shape index (κ3) is 2.16. The summed E-state index contributed by atoms with van der Waals surface area (Å²) in [6, 6.07) is 3.67. The molecule has 5 heteroatoms. The van der Waals surface area contributed by atoms with Crippen LogP contribution in [0.4, 0.5) is 0 Å². The largest absolute Gasteiger partial charge is 0.489 e. The lowest BCUT2D eigenvalue weighted by Gasteiger charge is -2.62. The number of hydrogen-bond acceptors (Lipinski definition) is 5. The first-order chi connectivity index (χ1) is 15.2. The summed E-state index contributed by atoms with van der Waals surface area (Å²) in [6.07, 6.45) is 4.80. The first-order valence-corrected chi connectivity index (χ1v) is 11.2. The van der Waals surface area contributed by atoms with Crippen LogP contribution in [0.15, 0.2) is 12.1 Å². The van der Waals surface area contributed by atoms with Crippen molar-refractivity contribution in [3.05, 3.63) is 23.3 Å². The zero-order valence-corrected chi connectivity index (χ0v) is 16.6. The van der Waals surface area contributed by atoms with Gasteiger partial charge < -0.3 is 14.6 Å². The van der Waals surface area contributed by atoms with E-state index in [1.54, 1.807) is 6.07 Å². The number of ketones is 1. The van der Waals surface area contributed by atoms with E-state index in [2.05, 4.69) is 4.90 Å². The molecule has 1 aromatic carbocycles. The van der Waals surface area contributed by atoms with Crippen LogP contribution in [0.1, 0.15) is 60.2 Å². The lowest BCUT2D eigenvalue weighted by atomic mass is 9.49. The van der Waals surface area contributed by atoms with E-state index in [-0.39, 0.29) is 17.6 Å². The molecule has 1 N–H and O–H groups in total. The Morgan fingerprint density at radius 1 is 1.31 bits per heavy atom. The second-order valence-electron chi connectivity index (χ2n) is 10.0. The van der Waals surface area contributed by atoms with Crippen LogP contribution in [0.3, 0.4) is 0 Å². The Balaban J connectivity index is 1.36. The molecule has 0 aromatic heterocycles. The molecule has 4 aliphatic carbocycles. The zero-order valence-electron chi connectivity index (χ0n) is 19.6. The molecule has 154 valence electrons. The molecule has 3 saturated carbocycles. The highest BCUT2D eigenvalue weighted by Gasteiger charge is 2.73. The second-order valence-corrected chi connectivity index (χ2v) is 10.0. The fourth-order valence-corrected chi connectivity index (χ4v) is 6.63. The molecule has 0 radical (unpaired) electrons. The van der Waals surface area contributed by atoms with Gasteiger partial charge in [-0.1, -0.05) is 6.07 Å². The Labute approximate surface area is 175 Å². The number of carbonyl (C=O) groups excluding carboxylic acids is 1. The molecule has 7 rings (SSSR count). The molecular formula is C24H29NO4. The van der Waals surface area contributed by atoms with E-state index in [4.69, 9.17) is 13.6 Å². The molecule has 1 spiro atoms. The van der Waals surface area contributed by atoms with Crippen molar-refractivity contribution in [1.29, 1.82) is 0 Å². The van der Waals surface area contributed by atoms with Gasteiger partial charge in [0.15, 0.2) is 23.4 Å². The van der Waals surface area contributed by atoms with E-state index >= 15 is 0 Å². The van der Waals surface area contributed by atoms with Gasteiger partial charge in [0.25, 0.3) is 0 Å². The van der Waals surface area contributed by atoms with Crippen molar-refractivity contribution >= 4 is 5.78 Å². The highest BCUT2D eigenvalue weighted by atomic mass is 16.5. The molecule has 0 amide bonds. The Morgan fingerprint density at radius 3 is 2.97 bits per heavy atom. The van der Waals surface area contributed by atoms with Gasteiger partial charge in [-0.3, -0.25) is 9.69 Å². The van der Waals surface area contributed by atoms with Crippen molar-refractivity contribution in [2.75, 3.05) is 19.6 Å². The summed E-state index contributed by atoms with van der Waals surface area (Å²) < 4.78 is 37.0. The van der Waals surface area contributed by atoms with Gasteiger partial charge in [-0.15, -0.1) is 0 Å². The number of Topliss-reactive ketones (excluding diaryl/α,β-unsaturated/α-hetero) is 1. The third-order valence-corrected chi connectivity index (χ3v) is 8.35. The van der Waals surface area contributed by atoms with Gasteiger partial charge in [-0.05, 0) is 74.9 Å². The second kappa shape index (κ2) is 5.55. The lowest BCUT2D eigenvalue weighted by Crippen LogP contribution is -2.76. The SMILES string of the molecule is [2H]C1(C([2H])([2H])Oc2ccc3c4c2O[C@H]2C(=O)CC[C@@]5(O)[C@@H](C3)N(CC3CC3)CC[C@]425)CC1. The maximum atomic E-state index is 13.1. The van der Waals surface area contributed by atoms with Crippen molar-refractivity contribution in [3.8, 4) is 11.5 Å². The fourth-order valence-electron chi connectivity index (χ4n) is 6.63. The highest BCUT2D eigenvalue weighted by Crippen LogP contribution is 2.65. The number of aliphatic hydroxyl groups is 1. The number of ether oxygens (including phenoxy) is 2. The average Bonchev–Trinajstić information content (AvgIpc) is 3.66. The molecule has 5 nitrogen and oxygen atoms in total. The average molecular weight is 399 g/mol. The van der Waals surface area contributed by atoms with Gasteiger partial charge in [0.2, 0.25) is 0 Å². The molecule has 6 aliphatic rings. The predicted molar refractivity (Wildman–Crippen MR) is 106 cm³/mol. The highest BCUT2D eigenvalue weighted by molar-refractivity contribution is 5.90. The summed E-state index contributed by atoms with van der Waals surface area (Å²) in [6.45, 7) is -0.299. The monoisotopic (exact) mass is 398 g/mol. The Kier molecular flexibility index (Phi) is 2.76. The van der Waals surface area contributed by atoms with Crippen LogP contribution in [0, 0.1) is 11.8 Å². The van der Waals surface area contributed by atoms with Crippen molar-refractivity contribution in [3.63, 3.8) is 0 Å². The van der Waals surface area contributed by atoms with Crippen molar-refractivity contribution in [2.45, 2.75) is 74.5 Å². The predicted octanol–water partition coefficient (Wildman–Crippen LogP) is 2.61. The quantitative estimate of drug-likeness (QED) is 0.826. The summed E-state index contributed by atoms with van der Waals surface area (Å²) in [4.78, 5) is 15.6. The van der Waals surface area contributed by atoms with Gasteiger partial charge in [-0.25, -0.2) is 0 Å².